The zero-order chi connectivity index (χ0) is 26.2. The number of hydrogen-bond acceptors (Lipinski definition) is 4. The van der Waals surface area contributed by atoms with Gasteiger partial charge in [0, 0.05) is 29.1 Å². The Morgan fingerprint density at radius 3 is 2.46 bits per heavy atom. The number of fused-ring (bicyclic) bond motifs is 1. The number of nitrogens with zero attached hydrogens (tertiary/aromatic N) is 1. The van der Waals surface area contributed by atoms with E-state index in [0.717, 1.165) is 38.7 Å². The van der Waals surface area contributed by atoms with Crippen LogP contribution in [0.5, 0.6) is 5.75 Å². The number of carbonyl (C=O) groups is 2. The van der Waals surface area contributed by atoms with Gasteiger partial charge >= 0.3 is 0 Å². The number of anilines is 1. The molecular formula is C30H28ClN3O3. The maximum atomic E-state index is 12.4. The fourth-order valence-corrected chi connectivity index (χ4v) is 3.95. The van der Waals surface area contributed by atoms with Crippen molar-refractivity contribution in [2.45, 2.75) is 33.3 Å². The molecule has 188 valence electrons. The quantitative estimate of drug-likeness (QED) is 0.196. The molecule has 0 saturated heterocycles. The van der Waals surface area contributed by atoms with Crippen LogP contribution in [0.4, 0.5) is 5.69 Å². The average molecular weight is 514 g/mol. The minimum atomic E-state index is -0.351. The predicted molar refractivity (Wildman–Crippen MR) is 149 cm³/mol. The first-order valence-corrected chi connectivity index (χ1v) is 12.4. The van der Waals surface area contributed by atoms with Crippen LogP contribution in [0.1, 0.15) is 35.1 Å². The minimum Gasteiger partial charge on any atom is -0.488 e. The molecule has 0 spiro atoms. The molecule has 0 aromatic heterocycles. The van der Waals surface area contributed by atoms with Crippen LogP contribution in [0.3, 0.4) is 0 Å². The zero-order valence-corrected chi connectivity index (χ0v) is 21.5. The third-order valence-corrected chi connectivity index (χ3v) is 6.33. The summed E-state index contributed by atoms with van der Waals surface area (Å²) >= 11 is 5.98. The highest BCUT2D eigenvalue weighted by Crippen LogP contribution is 2.27. The van der Waals surface area contributed by atoms with E-state index >= 15 is 0 Å². The van der Waals surface area contributed by atoms with Crippen LogP contribution < -0.4 is 15.5 Å². The van der Waals surface area contributed by atoms with Crippen LogP contribution in [0.2, 0.25) is 5.02 Å². The molecule has 0 atom stereocenters. The number of halogens is 1. The molecule has 0 unspecified atom stereocenters. The van der Waals surface area contributed by atoms with Crippen molar-refractivity contribution in [3.8, 4) is 5.75 Å². The van der Waals surface area contributed by atoms with Crippen LogP contribution in [-0.2, 0) is 16.2 Å². The highest BCUT2D eigenvalue weighted by atomic mass is 35.5. The maximum absolute atomic E-state index is 12.4. The molecule has 7 heteroatoms. The lowest BCUT2D eigenvalue weighted by molar-refractivity contribution is -0.124. The van der Waals surface area contributed by atoms with Gasteiger partial charge in [0.05, 0.1) is 6.21 Å². The van der Waals surface area contributed by atoms with Crippen molar-refractivity contribution in [1.29, 1.82) is 0 Å². The Morgan fingerprint density at radius 2 is 1.65 bits per heavy atom. The summed E-state index contributed by atoms with van der Waals surface area (Å²) in [5, 5.41) is 9.66. The number of rotatable bonds is 9. The lowest BCUT2D eigenvalue weighted by Crippen LogP contribution is -2.21. The minimum absolute atomic E-state index is 0.0174. The Kier molecular flexibility index (Phi) is 8.54. The molecule has 0 heterocycles. The highest BCUT2D eigenvalue weighted by Gasteiger charge is 2.10. The van der Waals surface area contributed by atoms with Crippen LogP contribution in [-0.4, -0.2) is 18.0 Å². The SMILES string of the molecule is Cc1cccc(NC(=O)CCC(=O)NN=Cc2c(OCc3ccc(Cl)cc3)ccc3ccccc23)c1C. The molecule has 0 aliphatic rings. The van der Waals surface area contributed by atoms with Gasteiger partial charge in [-0.3, -0.25) is 9.59 Å². The van der Waals surface area contributed by atoms with E-state index in [2.05, 4.69) is 15.8 Å². The molecule has 0 saturated carbocycles. The van der Waals surface area contributed by atoms with Crippen molar-refractivity contribution in [3.05, 3.63) is 106 Å². The Labute approximate surface area is 221 Å². The summed E-state index contributed by atoms with van der Waals surface area (Å²) < 4.78 is 6.08. The number of ether oxygens (including phenoxy) is 1. The smallest absolute Gasteiger partial charge is 0.240 e. The van der Waals surface area contributed by atoms with Crippen LogP contribution in [0.15, 0.2) is 84.0 Å². The third-order valence-electron chi connectivity index (χ3n) is 6.08. The molecule has 4 aromatic rings. The number of amides is 2. The van der Waals surface area contributed by atoms with Gasteiger partial charge < -0.3 is 10.1 Å². The molecule has 4 aromatic carbocycles. The normalized spacial score (nSPS) is 11.0. The molecule has 0 bridgehead atoms. The molecule has 0 radical (unpaired) electrons. The van der Waals surface area contributed by atoms with Gasteiger partial charge in [-0.1, -0.05) is 66.2 Å². The number of benzene rings is 4. The Balaban J connectivity index is 1.39. The van der Waals surface area contributed by atoms with Gasteiger partial charge in [0.1, 0.15) is 12.4 Å². The van der Waals surface area contributed by atoms with Crippen LogP contribution >= 0.6 is 11.6 Å². The average Bonchev–Trinajstić information content (AvgIpc) is 2.90. The molecule has 2 amide bonds. The van der Waals surface area contributed by atoms with Gasteiger partial charge in [-0.25, -0.2) is 5.43 Å². The Bertz CT molecular complexity index is 1450. The molecular weight excluding hydrogens is 486 g/mol. The van der Waals surface area contributed by atoms with Crippen molar-refractivity contribution >= 4 is 46.1 Å². The summed E-state index contributed by atoms with van der Waals surface area (Å²) in [6.45, 7) is 4.30. The van der Waals surface area contributed by atoms with Gasteiger partial charge in [0.2, 0.25) is 11.8 Å². The largest absolute Gasteiger partial charge is 0.488 e. The van der Waals surface area contributed by atoms with Crippen LogP contribution in [0, 0.1) is 13.8 Å². The predicted octanol–water partition coefficient (Wildman–Crippen LogP) is 6.56. The molecule has 37 heavy (non-hydrogen) atoms. The van der Waals surface area contributed by atoms with Crippen molar-refractivity contribution in [2.24, 2.45) is 5.10 Å². The Hall–Kier alpha value is -4.16. The number of aryl methyl sites for hydroxylation is 1. The van der Waals surface area contributed by atoms with E-state index in [1.165, 1.54) is 0 Å². The second kappa shape index (κ2) is 12.2. The first-order chi connectivity index (χ1) is 17.9. The fraction of sp³-hybridized carbons (Fsp3) is 0.167. The van der Waals surface area contributed by atoms with Crippen molar-refractivity contribution in [1.82, 2.24) is 5.43 Å². The first kappa shape index (κ1) is 25.9. The summed E-state index contributed by atoms with van der Waals surface area (Å²) in [7, 11) is 0. The number of hydrazone groups is 1. The number of nitrogens with one attached hydrogen (secondary N) is 2. The molecule has 0 aliphatic carbocycles. The van der Waals surface area contributed by atoms with Gasteiger partial charge in [-0.15, -0.1) is 0 Å². The first-order valence-electron chi connectivity index (χ1n) is 12.0. The van der Waals surface area contributed by atoms with E-state index in [-0.39, 0.29) is 24.7 Å². The van der Waals surface area contributed by atoms with Crippen LogP contribution in [0.25, 0.3) is 10.8 Å². The molecule has 2 N–H and O–H groups in total. The van der Waals surface area contributed by atoms with Crippen molar-refractivity contribution < 1.29 is 14.3 Å². The van der Waals surface area contributed by atoms with E-state index in [1.807, 2.05) is 92.7 Å². The lowest BCUT2D eigenvalue weighted by atomic mass is 10.0. The van der Waals surface area contributed by atoms with Gasteiger partial charge in [0.25, 0.3) is 0 Å². The van der Waals surface area contributed by atoms with E-state index in [1.54, 1.807) is 6.21 Å². The van der Waals surface area contributed by atoms with E-state index in [4.69, 9.17) is 16.3 Å². The summed E-state index contributed by atoms with van der Waals surface area (Å²) in [6.07, 6.45) is 1.65. The molecule has 4 rings (SSSR count). The van der Waals surface area contributed by atoms with Gasteiger partial charge in [0.15, 0.2) is 0 Å². The summed E-state index contributed by atoms with van der Waals surface area (Å²) in [6, 6.07) is 24.9. The summed E-state index contributed by atoms with van der Waals surface area (Å²) in [5.74, 6) is 0.0653. The second-order valence-electron chi connectivity index (χ2n) is 8.70. The highest BCUT2D eigenvalue weighted by molar-refractivity contribution is 6.30. The van der Waals surface area contributed by atoms with E-state index < -0.39 is 0 Å². The lowest BCUT2D eigenvalue weighted by Gasteiger charge is -2.12. The fourth-order valence-electron chi connectivity index (χ4n) is 3.83. The van der Waals surface area contributed by atoms with E-state index in [9.17, 15) is 9.59 Å². The second-order valence-corrected chi connectivity index (χ2v) is 9.14. The molecule has 6 nitrogen and oxygen atoms in total. The topological polar surface area (TPSA) is 79.8 Å². The standard InChI is InChI=1S/C30H28ClN3O3/c1-20-6-5-9-27(21(20)2)33-29(35)16-17-30(36)34-32-18-26-25-8-4-3-7-23(25)12-15-28(26)37-19-22-10-13-24(31)14-11-22/h3-15,18H,16-17,19H2,1-2H3,(H,33,35)(H,34,36). The van der Waals surface area contributed by atoms with Gasteiger partial charge in [-0.2, -0.15) is 5.10 Å². The van der Waals surface area contributed by atoms with E-state index in [0.29, 0.717) is 17.4 Å². The maximum Gasteiger partial charge on any atom is 0.240 e. The molecule has 0 fully saturated rings. The third kappa shape index (κ3) is 6.96. The van der Waals surface area contributed by atoms with Gasteiger partial charge in [-0.05, 0) is 65.6 Å². The summed E-state index contributed by atoms with van der Waals surface area (Å²) in [4.78, 5) is 24.7. The monoisotopic (exact) mass is 513 g/mol. The van der Waals surface area contributed by atoms with Crippen molar-refractivity contribution in [3.63, 3.8) is 0 Å². The van der Waals surface area contributed by atoms with Crippen molar-refractivity contribution in [2.75, 3.05) is 5.32 Å². The number of hydrogen-bond donors (Lipinski definition) is 2. The summed E-state index contributed by atoms with van der Waals surface area (Å²) in [5.41, 5.74) is 7.11. The number of carbonyl (C=O) groups excluding carboxylic acids is 2. The zero-order valence-electron chi connectivity index (χ0n) is 20.8. The Morgan fingerprint density at radius 1 is 0.892 bits per heavy atom. The molecule has 0 aliphatic heterocycles.